The third-order valence-electron chi connectivity index (χ3n) is 15.6. The van der Waals surface area contributed by atoms with Crippen LogP contribution in [0, 0.1) is 23.7 Å². The summed E-state index contributed by atoms with van der Waals surface area (Å²) in [6.45, 7) is 16.2. The Morgan fingerprint density at radius 1 is 0.588 bits per heavy atom. The van der Waals surface area contributed by atoms with Gasteiger partial charge in [0, 0.05) is 6.42 Å². The van der Waals surface area contributed by atoms with E-state index in [4.69, 9.17) is 10.5 Å². The van der Waals surface area contributed by atoms with E-state index in [1.165, 1.54) is 13.8 Å². The number of likely N-dealkylation sites (N-methyl/N-ethyl adjacent to an activating group) is 1. The molecule has 0 unspecified atom stereocenters. The second kappa shape index (κ2) is 37.2. The summed E-state index contributed by atoms with van der Waals surface area (Å²) in [5.41, 5.74) is 6.31. The standard InChI is InChI=1S/C58H96N12O15/c1-13-18-24-37-49(75)69-46(33(9)17-5)58(84)85-35(11)47(57(83)61-34(10)48(74)62-37)70-53(79)41(29-72)65-55(81)44(31(7)15-3)68-56(82)45(32(8)16-4)66-50(76)38(25-26-42(59)73)63-52(78)40(28-71)64-54(80)43(30(6)14-2)67-51(77)39(60-12)27-36-22-20-19-21-23-36/h19-23,30-35,37-41,43-47,60,71-72H,13-18,24-29H2,1-12H3,(H2,59,73)(H,61,83)(H,62,74)(H,63,78)(H,64,80)(H,65,81)(H,66,76)(H,67,77)(H,68,82)(H,69,75)(H,70,79)/t30-,31-,32-,33-,34-,35-,37-,38+,39+,40-,41-,43-,44-,45+,46-,47+/m0/s1. The minimum absolute atomic E-state index is 0.232. The quantitative estimate of drug-likeness (QED) is 0.0347. The van der Waals surface area contributed by atoms with E-state index in [-0.39, 0.29) is 19.3 Å². The zero-order chi connectivity index (χ0) is 64.2. The van der Waals surface area contributed by atoms with E-state index < -0.39 is 193 Å². The molecule has 16 atom stereocenters. The number of primary amides is 1. The molecule has 1 aromatic rings. The summed E-state index contributed by atoms with van der Waals surface area (Å²) < 4.78 is 5.71. The van der Waals surface area contributed by atoms with Gasteiger partial charge >= 0.3 is 5.97 Å². The third-order valence-corrected chi connectivity index (χ3v) is 15.6. The number of nitrogens with two attached hydrogens (primary N) is 1. The van der Waals surface area contributed by atoms with Crippen molar-refractivity contribution in [1.29, 1.82) is 0 Å². The smallest absolute Gasteiger partial charge is 0.329 e. The summed E-state index contributed by atoms with van der Waals surface area (Å²) in [6, 6.07) is -5.93. The molecule has 478 valence electrons. The molecule has 1 heterocycles. The number of carbonyl (C=O) groups is 12. The van der Waals surface area contributed by atoms with Gasteiger partial charge in [-0.15, -0.1) is 0 Å². The van der Waals surface area contributed by atoms with Crippen LogP contribution in [0.4, 0.5) is 0 Å². The highest BCUT2D eigenvalue weighted by Gasteiger charge is 2.41. The lowest BCUT2D eigenvalue weighted by atomic mass is 9.94. The highest BCUT2D eigenvalue weighted by atomic mass is 16.5. The topological polar surface area (TPSA) is 413 Å². The Hall–Kier alpha value is -7.26. The van der Waals surface area contributed by atoms with Gasteiger partial charge in [0.2, 0.25) is 65.0 Å². The van der Waals surface area contributed by atoms with E-state index >= 15 is 0 Å². The fourth-order valence-electron chi connectivity index (χ4n) is 9.01. The van der Waals surface area contributed by atoms with Crippen LogP contribution in [0.5, 0.6) is 0 Å². The lowest BCUT2D eigenvalue weighted by Gasteiger charge is -2.31. The molecule has 27 nitrogen and oxygen atoms in total. The molecule has 1 aromatic carbocycles. The molecular weight excluding hydrogens is 1100 g/mol. The molecule has 15 N–H and O–H groups in total. The van der Waals surface area contributed by atoms with Crippen LogP contribution in [0.25, 0.3) is 0 Å². The Balaban J connectivity index is 2.40. The number of hydrogen-bond acceptors (Lipinski definition) is 16. The first kappa shape index (κ1) is 73.8. The maximum atomic E-state index is 14.4. The zero-order valence-corrected chi connectivity index (χ0v) is 51.4. The predicted molar refractivity (Wildman–Crippen MR) is 313 cm³/mol. The van der Waals surface area contributed by atoms with Crippen molar-refractivity contribution in [3.63, 3.8) is 0 Å². The van der Waals surface area contributed by atoms with Gasteiger partial charge in [0.25, 0.3) is 0 Å². The van der Waals surface area contributed by atoms with Crippen molar-refractivity contribution < 1.29 is 72.5 Å². The van der Waals surface area contributed by atoms with Crippen molar-refractivity contribution in [3.05, 3.63) is 35.9 Å². The number of rotatable bonds is 33. The number of hydrogen-bond donors (Lipinski definition) is 14. The molecule has 11 amide bonds. The third kappa shape index (κ3) is 23.3. The van der Waals surface area contributed by atoms with Crippen molar-refractivity contribution in [2.45, 2.75) is 213 Å². The summed E-state index contributed by atoms with van der Waals surface area (Å²) in [6.07, 6.45) is 0.854. The minimum atomic E-state index is -1.80. The first-order chi connectivity index (χ1) is 40.2. The fourth-order valence-corrected chi connectivity index (χ4v) is 9.01. The average Bonchev–Trinajstić information content (AvgIpc) is 3.84. The largest absolute Gasteiger partial charge is 0.458 e. The van der Waals surface area contributed by atoms with E-state index in [1.54, 1.807) is 62.4 Å². The van der Waals surface area contributed by atoms with Gasteiger partial charge < -0.3 is 79.2 Å². The summed E-state index contributed by atoms with van der Waals surface area (Å²) in [7, 11) is 1.60. The fraction of sp³-hybridized carbons (Fsp3) is 0.690. The lowest BCUT2D eigenvalue weighted by molar-refractivity contribution is -0.157. The van der Waals surface area contributed by atoms with Crippen LogP contribution in [0.1, 0.15) is 140 Å². The van der Waals surface area contributed by atoms with E-state index in [0.717, 1.165) is 5.56 Å². The summed E-state index contributed by atoms with van der Waals surface area (Å²) in [5.74, 6) is -12.8. The van der Waals surface area contributed by atoms with Crippen LogP contribution in [0.15, 0.2) is 30.3 Å². The van der Waals surface area contributed by atoms with Crippen LogP contribution < -0.4 is 64.2 Å². The maximum Gasteiger partial charge on any atom is 0.329 e. The number of amides is 11. The highest BCUT2D eigenvalue weighted by molar-refractivity contribution is 5.99. The number of unbranched alkanes of at least 4 members (excludes halogenated alkanes) is 1. The SMILES string of the molecule is CCCC[C@@H]1NC(=O)[C@H](C)NC(=O)[C@H](NC(=O)[C@H](CO)NC(=O)[C@@H](NC(=O)[C@H](NC(=O)[C@@H](CCC(N)=O)NC(=O)[C@H](CO)NC(=O)[C@@H](NC(=O)[C@@H](Cc2ccccc2)NC)[C@@H](C)CC)[C@@H](C)CC)[C@@H](C)CC)[C@H](C)OC(=O)[C@H]([C@@H](C)CC)NC1=O. The van der Waals surface area contributed by atoms with E-state index in [2.05, 4.69) is 58.5 Å². The predicted octanol–water partition coefficient (Wildman–Crippen LogP) is -1.75. The Morgan fingerprint density at radius 2 is 1.06 bits per heavy atom. The van der Waals surface area contributed by atoms with Crippen molar-refractivity contribution in [2.24, 2.45) is 29.4 Å². The molecule has 0 radical (unpaired) electrons. The van der Waals surface area contributed by atoms with Crippen molar-refractivity contribution in [2.75, 3.05) is 20.3 Å². The Bertz CT molecular complexity index is 2420. The van der Waals surface area contributed by atoms with Gasteiger partial charge in [0.05, 0.1) is 19.3 Å². The van der Waals surface area contributed by atoms with Crippen molar-refractivity contribution in [1.82, 2.24) is 58.5 Å². The van der Waals surface area contributed by atoms with Gasteiger partial charge in [-0.2, -0.15) is 0 Å². The van der Waals surface area contributed by atoms with E-state index in [9.17, 15) is 67.7 Å². The van der Waals surface area contributed by atoms with Gasteiger partial charge in [-0.3, -0.25) is 52.7 Å². The zero-order valence-electron chi connectivity index (χ0n) is 51.4. The molecular formula is C58H96N12O15. The summed E-state index contributed by atoms with van der Waals surface area (Å²) >= 11 is 0. The second-order valence-electron chi connectivity index (χ2n) is 22.1. The first-order valence-corrected chi connectivity index (χ1v) is 29.6. The molecule has 1 fully saturated rings. The number of cyclic esters (lactones) is 1. The lowest BCUT2D eigenvalue weighted by Crippen LogP contribution is -2.63. The number of ether oxygens (including phenoxy) is 1. The summed E-state index contributed by atoms with van der Waals surface area (Å²) in [5, 5.41) is 49.4. The highest BCUT2D eigenvalue weighted by Crippen LogP contribution is 2.17. The van der Waals surface area contributed by atoms with Gasteiger partial charge in [0.1, 0.15) is 66.5 Å². The molecule has 0 saturated carbocycles. The average molecular weight is 1200 g/mol. The van der Waals surface area contributed by atoms with Gasteiger partial charge in [0.15, 0.2) is 0 Å². The van der Waals surface area contributed by atoms with Crippen molar-refractivity contribution >= 4 is 70.9 Å². The van der Waals surface area contributed by atoms with Crippen LogP contribution in [-0.4, -0.2) is 174 Å². The molecule has 1 aliphatic heterocycles. The van der Waals surface area contributed by atoms with E-state index in [0.29, 0.717) is 32.1 Å². The van der Waals surface area contributed by atoms with Crippen LogP contribution >= 0.6 is 0 Å². The molecule has 0 aliphatic carbocycles. The monoisotopic (exact) mass is 1200 g/mol. The molecule has 0 bridgehead atoms. The van der Waals surface area contributed by atoms with E-state index in [1.807, 2.05) is 37.3 Å². The van der Waals surface area contributed by atoms with Crippen LogP contribution in [-0.2, 0) is 68.7 Å². The number of benzene rings is 1. The second-order valence-corrected chi connectivity index (χ2v) is 22.1. The molecule has 85 heavy (non-hydrogen) atoms. The molecule has 0 spiro atoms. The first-order valence-electron chi connectivity index (χ1n) is 29.6. The number of nitrogens with one attached hydrogen (secondary N) is 11. The van der Waals surface area contributed by atoms with Gasteiger partial charge in [-0.05, 0) is 69.4 Å². The van der Waals surface area contributed by atoms with Crippen molar-refractivity contribution in [3.8, 4) is 0 Å². The number of aliphatic hydroxyl groups excluding tert-OH is 2. The molecule has 1 saturated heterocycles. The maximum absolute atomic E-state index is 14.4. The summed E-state index contributed by atoms with van der Waals surface area (Å²) in [4.78, 5) is 165. The Kier molecular flexibility index (Phi) is 32.3. The molecule has 0 aromatic heterocycles. The minimum Gasteiger partial charge on any atom is -0.458 e. The Morgan fingerprint density at radius 3 is 1.53 bits per heavy atom. The van der Waals surface area contributed by atoms with Crippen LogP contribution in [0.2, 0.25) is 0 Å². The molecule has 2 rings (SSSR count). The van der Waals surface area contributed by atoms with Gasteiger partial charge in [-0.1, -0.05) is 131 Å². The number of carbonyl (C=O) groups excluding carboxylic acids is 12. The van der Waals surface area contributed by atoms with Crippen LogP contribution in [0.3, 0.4) is 0 Å². The normalized spacial score (nSPS) is 21.5. The molecule has 1 aliphatic rings. The molecule has 27 heteroatoms. The number of esters is 1. The number of aliphatic hydroxyl groups is 2. The Labute approximate surface area is 498 Å². The van der Waals surface area contributed by atoms with Gasteiger partial charge in [-0.25, -0.2) is 4.79 Å².